The number of hydrogen-bond donors (Lipinski definition) is 0. The highest BCUT2D eigenvalue weighted by Gasteiger charge is 2.50. The lowest BCUT2D eigenvalue weighted by Crippen LogP contribution is -2.37. The molecule has 0 aliphatic carbocycles. The molecule has 2 fully saturated rings. The Kier molecular flexibility index (Phi) is 2.32. The van der Waals surface area contributed by atoms with Gasteiger partial charge in [0.2, 0.25) is 0 Å². The molecule has 0 aromatic carbocycles. The summed E-state index contributed by atoms with van der Waals surface area (Å²) in [5.41, 5.74) is 0.125. The summed E-state index contributed by atoms with van der Waals surface area (Å²) >= 11 is 0. The van der Waals surface area contributed by atoms with E-state index in [1.54, 1.807) is 7.11 Å². The van der Waals surface area contributed by atoms with Crippen LogP contribution in [-0.4, -0.2) is 42.9 Å². The van der Waals surface area contributed by atoms with E-state index in [0.29, 0.717) is 19.1 Å². The zero-order valence-corrected chi connectivity index (χ0v) is 8.42. The van der Waals surface area contributed by atoms with E-state index in [4.69, 9.17) is 4.74 Å². The van der Waals surface area contributed by atoms with Crippen LogP contribution in [-0.2, 0) is 4.74 Å². The quantitative estimate of drug-likeness (QED) is 0.651. The van der Waals surface area contributed by atoms with Crippen molar-refractivity contribution in [2.45, 2.75) is 44.0 Å². The van der Waals surface area contributed by atoms with Gasteiger partial charge in [-0.25, -0.2) is 4.39 Å². The van der Waals surface area contributed by atoms with Crippen LogP contribution in [0.3, 0.4) is 0 Å². The molecule has 2 nitrogen and oxygen atoms in total. The fourth-order valence-corrected chi connectivity index (χ4v) is 2.92. The molecule has 0 unspecified atom stereocenters. The van der Waals surface area contributed by atoms with Crippen LogP contribution >= 0.6 is 0 Å². The standard InChI is InChI=1S/C10H18FNO/c1-3-10-4-8(11)6-12(10)7-9(5-10)13-2/h8-9H,3-7H2,1-2H3/t8-,9-,10-/m1/s1. The summed E-state index contributed by atoms with van der Waals surface area (Å²) in [4.78, 5) is 2.28. The molecular weight excluding hydrogens is 169 g/mol. The summed E-state index contributed by atoms with van der Waals surface area (Å²) in [7, 11) is 1.75. The number of ether oxygens (including phenoxy) is 1. The molecule has 76 valence electrons. The van der Waals surface area contributed by atoms with Gasteiger partial charge < -0.3 is 4.74 Å². The van der Waals surface area contributed by atoms with Crippen molar-refractivity contribution in [2.75, 3.05) is 20.2 Å². The molecule has 3 atom stereocenters. The molecule has 0 radical (unpaired) electrons. The maximum atomic E-state index is 13.2. The molecule has 13 heavy (non-hydrogen) atoms. The Bertz CT molecular complexity index is 199. The van der Waals surface area contributed by atoms with Gasteiger partial charge in [-0.1, -0.05) is 6.92 Å². The molecule has 0 N–H and O–H groups in total. The van der Waals surface area contributed by atoms with Crippen LogP contribution < -0.4 is 0 Å². The predicted octanol–water partition coefficient (Wildman–Crippen LogP) is 1.60. The maximum absolute atomic E-state index is 13.2. The van der Waals surface area contributed by atoms with Crippen molar-refractivity contribution in [1.29, 1.82) is 0 Å². The van der Waals surface area contributed by atoms with Gasteiger partial charge in [0.25, 0.3) is 0 Å². The fourth-order valence-electron chi connectivity index (χ4n) is 2.92. The van der Waals surface area contributed by atoms with Crippen LogP contribution in [0.25, 0.3) is 0 Å². The number of methoxy groups -OCH3 is 1. The molecule has 0 aromatic rings. The zero-order valence-electron chi connectivity index (χ0n) is 8.42. The first-order valence-corrected chi connectivity index (χ1v) is 5.12. The number of nitrogens with zero attached hydrogens (tertiary/aromatic N) is 1. The highest BCUT2D eigenvalue weighted by Crippen LogP contribution is 2.42. The highest BCUT2D eigenvalue weighted by molar-refractivity contribution is 5.05. The van der Waals surface area contributed by atoms with Crippen molar-refractivity contribution >= 4 is 0 Å². The Morgan fingerprint density at radius 3 is 2.77 bits per heavy atom. The lowest BCUT2D eigenvalue weighted by Gasteiger charge is -2.29. The smallest absolute Gasteiger partial charge is 0.115 e. The molecule has 3 heteroatoms. The largest absolute Gasteiger partial charge is 0.380 e. The molecule has 2 aliphatic rings. The number of rotatable bonds is 2. The SMILES string of the molecule is CC[C@]12C[C@@H](F)CN1C[C@H](OC)C2. The van der Waals surface area contributed by atoms with Gasteiger partial charge in [-0.15, -0.1) is 0 Å². The van der Waals surface area contributed by atoms with Crippen molar-refractivity contribution in [1.82, 2.24) is 4.90 Å². The number of fused-ring (bicyclic) bond motifs is 1. The van der Waals surface area contributed by atoms with E-state index < -0.39 is 6.17 Å². The van der Waals surface area contributed by atoms with E-state index >= 15 is 0 Å². The van der Waals surface area contributed by atoms with E-state index in [2.05, 4.69) is 11.8 Å². The zero-order chi connectivity index (χ0) is 9.47. The second-order valence-electron chi connectivity index (χ2n) is 4.35. The van der Waals surface area contributed by atoms with Crippen LogP contribution in [0.4, 0.5) is 4.39 Å². The summed E-state index contributed by atoms with van der Waals surface area (Å²) in [5, 5.41) is 0. The first kappa shape index (κ1) is 9.41. The average Bonchev–Trinajstić information content (AvgIpc) is 2.57. The van der Waals surface area contributed by atoms with Crippen LogP contribution in [0, 0.1) is 0 Å². The molecule has 0 bridgehead atoms. The van der Waals surface area contributed by atoms with E-state index in [9.17, 15) is 4.39 Å². The molecule has 0 aromatic heterocycles. The van der Waals surface area contributed by atoms with Crippen molar-refractivity contribution in [3.05, 3.63) is 0 Å². The van der Waals surface area contributed by atoms with Gasteiger partial charge in [-0.3, -0.25) is 4.90 Å². The van der Waals surface area contributed by atoms with Crippen molar-refractivity contribution in [3.63, 3.8) is 0 Å². The fraction of sp³-hybridized carbons (Fsp3) is 1.00. The first-order chi connectivity index (χ1) is 6.20. The van der Waals surface area contributed by atoms with Gasteiger partial charge in [-0.05, 0) is 19.3 Å². The summed E-state index contributed by atoms with van der Waals surface area (Å²) in [6.07, 6.45) is 2.49. The minimum Gasteiger partial charge on any atom is -0.380 e. The molecule has 2 rings (SSSR count). The highest BCUT2D eigenvalue weighted by atomic mass is 19.1. The van der Waals surface area contributed by atoms with Crippen LogP contribution in [0.2, 0.25) is 0 Å². The van der Waals surface area contributed by atoms with Crippen LogP contribution in [0.15, 0.2) is 0 Å². The van der Waals surface area contributed by atoms with E-state index in [1.807, 2.05) is 0 Å². The second-order valence-corrected chi connectivity index (χ2v) is 4.35. The Hall–Kier alpha value is -0.150. The number of alkyl halides is 1. The topological polar surface area (TPSA) is 12.5 Å². The first-order valence-electron chi connectivity index (χ1n) is 5.12. The van der Waals surface area contributed by atoms with Gasteiger partial charge in [0.05, 0.1) is 6.10 Å². The summed E-state index contributed by atoms with van der Waals surface area (Å²) in [6.45, 7) is 3.70. The van der Waals surface area contributed by atoms with Crippen LogP contribution in [0.1, 0.15) is 26.2 Å². The van der Waals surface area contributed by atoms with Crippen molar-refractivity contribution < 1.29 is 9.13 Å². The van der Waals surface area contributed by atoms with E-state index in [1.165, 1.54) is 0 Å². The normalized spacial score (nSPS) is 45.5. The monoisotopic (exact) mass is 187 g/mol. The molecule has 2 heterocycles. The van der Waals surface area contributed by atoms with Crippen molar-refractivity contribution in [2.24, 2.45) is 0 Å². The van der Waals surface area contributed by atoms with E-state index in [0.717, 1.165) is 19.4 Å². The third-order valence-corrected chi connectivity index (χ3v) is 3.71. The minimum atomic E-state index is -0.613. The average molecular weight is 187 g/mol. The molecule has 0 saturated carbocycles. The van der Waals surface area contributed by atoms with E-state index in [-0.39, 0.29) is 5.54 Å². The summed E-state index contributed by atoms with van der Waals surface area (Å²) in [5.74, 6) is 0. The molecule has 2 aliphatic heterocycles. The third-order valence-electron chi connectivity index (χ3n) is 3.71. The van der Waals surface area contributed by atoms with Gasteiger partial charge in [0.1, 0.15) is 6.17 Å². The number of halogens is 1. The van der Waals surface area contributed by atoms with Crippen molar-refractivity contribution in [3.8, 4) is 0 Å². The lowest BCUT2D eigenvalue weighted by molar-refractivity contribution is 0.104. The molecule has 0 amide bonds. The second kappa shape index (κ2) is 3.21. The Morgan fingerprint density at radius 2 is 2.23 bits per heavy atom. The molecule has 2 saturated heterocycles. The third kappa shape index (κ3) is 1.38. The van der Waals surface area contributed by atoms with Gasteiger partial charge in [0.15, 0.2) is 0 Å². The number of hydrogen-bond acceptors (Lipinski definition) is 2. The maximum Gasteiger partial charge on any atom is 0.115 e. The summed E-state index contributed by atoms with van der Waals surface area (Å²) < 4.78 is 18.6. The van der Waals surface area contributed by atoms with Gasteiger partial charge >= 0.3 is 0 Å². The van der Waals surface area contributed by atoms with Gasteiger partial charge in [0, 0.05) is 25.7 Å². The molecule has 0 spiro atoms. The minimum absolute atomic E-state index is 0.125. The Labute approximate surface area is 79.1 Å². The van der Waals surface area contributed by atoms with Gasteiger partial charge in [-0.2, -0.15) is 0 Å². The summed E-state index contributed by atoms with van der Waals surface area (Å²) in [6, 6.07) is 0. The van der Waals surface area contributed by atoms with Crippen LogP contribution in [0.5, 0.6) is 0 Å². The lowest BCUT2D eigenvalue weighted by atomic mass is 9.90. The Balaban J connectivity index is 2.10. The predicted molar refractivity (Wildman–Crippen MR) is 49.5 cm³/mol. The Morgan fingerprint density at radius 1 is 1.46 bits per heavy atom. The molecular formula is C10H18FNO.